The van der Waals surface area contributed by atoms with E-state index in [0.717, 1.165) is 12.0 Å². The second-order valence-corrected chi connectivity index (χ2v) is 5.78. The van der Waals surface area contributed by atoms with Crippen molar-refractivity contribution in [2.75, 3.05) is 6.54 Å². The fourth-order valence-corrected chi connectivity index (χ4v) is 2.53. The van der Waals surface area contributed by atoms with Gasteiger partial charge in [-0.3, -0.25) is 4.79 Å². The van der Waals surface area contributed by atoms with Crippen LogP contribution in [0, 0.1) is 5.92 Å². The number of carbonyl (C=O) groups is 1. The summed E-state index contributed by atoms with van der Waals surface area (Å²) < 4.78 is 0. The number of carboxylic acid groups (broad SMARTS) is 1. The normalized spacial score (nSPS) is 13.5. The number of nitrogens with one attached hydrogen (secondary N) is 1. The van der Waals surface area contributed by atoms with E-state index in [-0.39, 0.29) is 0 Å². The molecule has 1 unspecified atom stereocenters. The third-order valence-electron chi connectivity index (χ3n) is 3.72. The van der Waals surface area contributed by atoms with Gasteiger partial charge in [0.15, 0.2) is 0 Å². The lowest BCUT2D eigenvalue weighted by molar-refractivity contribution is -0.139. The highest BCUT2D eigenvalue weighted by Crippen LogP contribution is 2.09. The van der Waals surface area contributed by atoms with Crippen LogP contribution in [-0.4, -0.2) is 23.7 Å². The monoisotopic (exact) mass is 297 g/mol. The van der Waals surface area contributed by atoms with Crippen LogP contribution in [0.2, 0.25) is 0 Å². The topological polar surface area (TPSA) is 49.3 Å². The lowest BCUT2D eigenvalue weighted by Crippen LogP contribution is -2.41. The van der Waals surface area contributed by atoms with Gasteiger partial charge in [-0.15, -0.1) is 0 Å². The Morgan fingerprint density at radius 2 is 1.45 bits per heavy atom. The summed E-state index contributed by atoms with van der Waals surface area (Å²) in [5.41, 5.74) is 2.32. The van der Waals surface area contributed by atoms with E-state index in [9.17, 15) is 9.90 Å². The van der Waals surface area contributed by atoms with Crippen molar-refractivity contribution in [1.29, 1.82) is 0 Å². The second kappa shape index (κ2) is 8.35. The summed E-state index contributed by atoms with van der Waals surface area (Å²) >= 11 is 0. The largest absolute Gasteiger partial charge is 0.480 e. The minimum Gasteiger partial charge on any atom is -0.480 e. The summed E-state index contributed by atoms with van der Waals surface area (Å²) in [7, 11) is 0. The number of rotatable bonds is 8. The smallest absolute Gasteiger partial charge is 0.321 e. The molecule has 0 aromatic heterocycles. The van der Waals surface area contributed by atoms with Crippen molar-refractivity contribution in [3.63, 3.8) is 0 Å². The van der Waals surface area contributed by atoms with Crippen LogP contribution < -0.4 is 5.32 Å². The molecule has 0 saturated heterocycles. The van der Waals surface area contributed by atoms with Gasteiger partial charge in [0, 0.05) is 0 Å². The Balaban J connectivity index is 1.85. The van der Waals surface area contributed by atoms with E-state index in [1.807, 2.05) is 48.5 Å². The zero-order chi connectivity index (χ0) is 15.8. The maximum absolute atomic E-state index is 11.4. The highest BCUT2D eigenvalue weighted by Gasteiger charge is 2.18. The molecule has 2 rings (SSSR count). The molecule has 0 aliphatic rings. The minimum atomic E-state index is -0.796. The summed E-state index contributed by atoms with van der Waals surface area (Å²) in [4.78, 5) is 11.4. The predicted molar refractivity (Wildman–Crippen MR) is 88.9 cm³/mol. The summed E-state index contributed by atoms with van der Waals surface area (Å²) in [6.45, 7) is 2.83. The molecule has 22 heavy (non-hydrogen) atoms. The Labute approximate surface area is 132 Å². The van der Waals surface area contributed by atoms with Crippen molar-refractivity contribution in [2.24, 2.45) is 5.92 Å². The van der Waals surface area contributed by atoms with Crippen molar-refractivity contribution in [2.45, 2.75) is 25.8 Å². The van der Waals surface area contributed by atoms with Crippen LogP contribution >= 0.6 is 0 Å². The quantitative estimate of drug-likeness (QED) is 0.787. The SMILES string of the molecule is CC(CN[C@@H](Cc1ccccc1)C(=O)O)Cc1ccccc1. The maximum atomic E-state index is 11.4. The average Bonchev–Trinajstić information content (AvgIpc) is 2.53. The van der Waals surface area contributed by atoms with Gasteiger partial charge in [0.25, 0.3) is 0 Å². The van der Waals surface area contributed by atoms with E-state index in [2.05, 4.69) is 24.4 Å². The van der Waals surface area contributed by atoms with Gasteiger partial charge >= 0.3 is 5.97 Å². The molecule has 3 nitrogen and oxygen atoms in total. The van der Waals surface area contributed by atoms with E-state index in [0.29, 0.717) is 18.9 Å². The molecule has 0 aliphatic heterocycles. The molecule has 0 bridgehead atoms. The standard InChI is InChI=1S/C19H23NO2/c1-15(12-16-8-4-2-5-9-16)14-20-18(19(21)22)13-17-10-6-3-7-11-17/h2-11,15,18,20H,12-14H2,1H3,(H,21,22)/t15?,18-/m0/s1. The van der Waals surface area contributed by atoms with Crippen LogP contribution in [-0.2, 0) is 17.6 Å². The van der Waals surface area contributed by atoms with Crippen molar-refractivity contribution in [1.82, 2.24) is 5.32 Å². The third-order valence-corrected chi connectivity index (χ3v) is 3.72. The first-order valence-electron chi connectivity index (χ1n) is 7.69. The van der Waals surface area contributed by atoms with E-state index in [1.54, 1.807) is 0 Å². The van der Waals surface area contributed by atoms with Crippen molar-refractivity contribution >= 4 is 5.97 Å². The van der Waals surface area contributed by atoms with Gasteiger partial charge in [-0.2, -0.15) is 0 Å². The lowest BCUT2D eigenvalue weighted by Gasteiger charge is -2.18. The van der Waals surface area contributed by atoms with Gasteiger partial charge in [0.2, 0.25) is 0 Å². The molecule has 2 aromatic carbocycles. The predicted octanol–water partition coefficient (Wildman–Crippen LogP) is 3.15. The number of hydrogen-bond donors (Lipinski definition) is 2. The molecule has 2 N–H and O–H groups in total. The van der Waals surface area contributed by atoms with E-state index < -0.39 is 12.0 Å². The third kappa shape index (κ3) is 5.34. The Hall–Kier alpha value is -2.13. The molecule has 0 amide bonds. The van der Waals surface area contributed by atoms with Crippen LogP contribution in [0.25, 0.3) is 0 Å². The first-order valence-corrected chi connectivity index (χ1v) is 7.69. The van der Waals surface area contributed by atoms with Crippen LogP contribution in [0.4, 0.5) is 0 Å². The summed E-state index contributed by atoms with van der Waals surface area (Å²) in [5, 5.41) is 12.6. The zero-order valence-electron chi connectivity index (χ0n) is 12.9. The summed E-state index contributed by atoms with van der Waals surface area (Å²) in [6.07, 6.45) is 1.46. The van der Waals surface area contributed by atoms with Crippen molar-refractivity contribution < 1.29 is 9.90 Å². The average molecular weight is 297 g/mol. The van der Waals surface area contributed by atoms with E-state index >= 15 is 0 Å². The highest BCUT2D eigenvalue weighted by atomic mass is 16.4. The van der Waals surface area contributed by atoms with E-state index in [4.69, 9.17) is 0 Å². The van der Waals surface area contributed by atoms with Gasteiger partial charge in [0.1, 0.15) is 6.04 Å². The molecule has 0 radical (unpaired) electrons. The second-order valence-electron chi connectivity index (χ2n) is 5.78. The Kier molecular flexibility index (Phi) is 6.16. The number of benzene rings is 2. The Morgan fingerprint density at radius 1 is 0.955 bits per heavy atom. The van der Waals surface area contributed by atoms with Gasteiger partial charge in [0.05, 0.1) is 0 Å². The number of aliphatic carboxylic acids is 1. The van der Waals surface area contributed by atoms with Gasteiger partial charge in [-0.1, -0.05) is 67.6 Å². The van der Waals surface area contributed by atoms with Crippen molar-refractivity contribution in [3.05, 3.63) is 71.8 Å². The maximum Gasteiger partial charge on any atom is 0.321 e. The fourth-order valence-electron chi connectivity index (χ4n) is 2.53. The van der Waals surface area contributed by atoms with Crippen LogP contribution in [0.5, 0.6) is 0 Å². The molecule has 2 aromatic rings. The van der Waals surface area contributed by atoms with Gasteiger partial charge in [-0.25, -0.2) is 0 Å². The minimum absolute atomic E-state index is 0.389. The molecular weight excluding hydrogens is 274 g/mol. The lowest BCUT2D eigenvalue weighted by atomic mass is 10.00. The van der Waals surface area contributed by atoms with E-state index in [1.165, 1.54) is 5.56 Å². The molecule has 0 saturated carbocycles. The summed E-state index contributed by atoms with van der Waals surface area (Å²) in [5.74, 6) is -0.407. The first kappa shape index (κ1) is 16.2. The van der Waals surface area contributed by atoms with Gasteiger partial charge < -0.3 is 10.4 Å². The molecule has 0 aliphatic carbocycles. The zero-order valence-corrected chi connectivity index (χ0v) is 12.9. The molecule has 0 spiro atoms. The molecular formula is C19H23NO2. The number of carboxylic acids is 1. The Bertz CT molecular complexity index is 569. The van der Waals surface area contributed by atoms with Crippen LogP contribution in [0.1, 0.15) is 18.1 Å². The molecule has 0 fully saturated rings. The van der Waals surface area contributed by atoms with Gasteiger partial charge in [-0.05, 0) is 36.4 Å². The Morgan fingerprint density at radius 3 is 1.95 bits per heavy atom. The molecule has 116 valence electrons. The fraction of sp³-hybridized carbons (Fsp3) is 0.316. The molecule has 2 atom stereocenters. The van der Waals surface area contributed by atoms with Crippen LogP contribution in [0.15, 0.2) is 60.7 Å². The molecule has 0 heterocycles. The van der Waals surface area contributed by atoms with Crippen LogP contribution in [0.3, 0.4) is 0 Å². The highest BCUT2D eigenvalue weighted by molar-refractivity contribution is 5.73. The number of hydrogen-bond acceptors (Lipinski definition) is 2. The van der Waals surface area contributed by atoms with Crippen molar-refractivity contribution in [3.8, 4) is 0 Å². The first-order chi connectivity index (χ1) is 10.6. The summed E-state index contributed by atoms with van der Waals surface area (Å²) in [6, 6.07) is 19.5. The molecule has 3 heteroatoms.